The lowest BCUT2D eigenvalue weighted by Crippen LogP contribution is -2.14. The molecule has 0 N–H and O–H groups in total. The third-order valence-electron chi connectivity index (χ3n) is 3.82. The summed E-state index contributed by atoms with van der Waals surface area (Å²) in [7, 11) is 3.44. The van der Waals surface area contributed by atoms with Crippen LogP contribution in [0.4, 0.5) is 13.2 Å². The first-order valence-corrected chi connectivity index (χ1v) is 8.22. The number of Topliss-reactive ketones (excluding diaryl/α,β-unsaturated/α-hetero) is 1. The van der Waals surface area contributed by atoms with E-state index in [-0.39, 0.29) is 17.0 Å². The quantitative estimate of drug-likeness (QED) is 0.496. The van der Waals surface area contributed by atoms with E-state index in [9.17, 15) is 18.0 Å². The summed E-state index contributed by atoms with van der Waals surface area (Å²) in [5, 5.41) is 11.5. The topological polar surface area (TPSA) is 63.9 Å². The molecule has 3 aromatic rings. The molecule has 144 valence electrons. The van der Waals surface area contributed by atoms with Gasteiger partial charge in [-0.05, 0) is 34.7 Å². The minimum absolute atomic E-state index is 0.101. The van der Waals surface area contributed by atoms with Gasteiger partial charge in [0.25, 0.3) is 0 Å². The third kappa shape index (κ3) is 4.08. The predicted molar refractivity (Wildman–Crippen MR) is 96.6 cm³/mol. The highest BCUT2D eigenvalue weighted by atomic mass is 19.4. The molecule has 0 amide bonds. The fourth-order valence-electron chi connectivity index (χ4n) is 2.54. The van der Waals surface area contributed by atoms with Gasteiger partial charge in [-0.15, -0.1) is 5.10 Å². The molecule has 1 heterocycles. The van der Waals surface area contributed by atoms with Crippen LogP contribution in [0, 0.1) is 0 Å². The number of nitrogens with zero attached hydrogens (tertiary/aromatic N) is 5. The largest absolute Gasteiger partial charge is 0.416 e. The molecule has 0 saturated heterocycles. The SMILES string of the molecule is CN(C)/C=C(\C(=O)c1ccc(C(F)(F)F)cc1)c1nnnn1-c1ccccc1. The minimum Gasteiger partial charge on any atom is -0.383 e. The highest BCUT2D eigenvalue weighted by Gasteiger charge is 2.30. The summed E-state index contributed by atoms with van der Waals surface area (Å²) in [5.41, 5.74) is 0.0750. The van der Waals surface area contributed by atoms with Crippen molar-refractivity contribution in [2.24, 2.45) is 0 Å². The maximum absolute atomic E-state index is 13.0. The maximum atomic E-state index is 13.0. The summed E-state index contributed by atoms with van der Waals surface area (Å²) in [5.74, 6) is -0.306. The molecule has 1 aromatic heterocycles. The number of hydrogen-bond donors (Lipinski definition) is 0. The van der Waals surface area contributed by atoms with Crippen LogP contribution in [0.2, 0.25) is 0 Å². The van der Waals surface area contributed by atoms with Crippen LogP contribution in [0.25, 0.3) is 11.3 Å². The number of aromatic nitrogens is 4. The van der Waals surface area contributed by atoms with Crippen molar-refractivity contribution >= 4 is 11.4 Å². The summed E-state index contributed by atoms with van der Waals surface area (Å²) < 4.78 is 39.7. The molecular formula is C19H16F3N5O. The molecule has 0 spiro atoms. The first kappa shape index (κ1) is 19.3. The predicted octanol–water partition coefficient (Wildman–Crippen LogP) is 3.47. The van der Waals surface area contributed by atoms with Gasteiger partial charge in [-0.25, -0.2) is 0 Å². The molecule has 9 heteroatoms. The van der Waals surface area contributed by atoms with Gasteiger partial charge in [0.2, 0.25) is 0 Å². The summed E-state index contributed by atoms with van der Waals surface area (Å²) in [6.45, 7) is 0. The number of para-hydroxylation sites is 1. The van der Waals surface area contributed by atoms with Crippen molar-refractivity contribution in [3.05, 3.63) is 77.7 Å². The van der Waals surface area contributed by atoms with Gasteiger partial charge in [0.1, 0.15) is 0 Å². The van der Waals surface area contributed by atoms with Crippen LogP contribution in [0.3, 0.4) is 0 Å². The first-order chi connectivity index (χ1) is 13.3. The second kappa shape index (κ2) is 7.63. The van der Waals surface area contributed by atoms with E-state index < -0.39 is 17.5 Å². The molecule has 28 heavy (non-hydrogen) atoms. The highest BCUT2D eigenvalue weighted by Crippen LogP contribution is 2.30. The Kier molecular flexibility index (Phi) is 5.25. The van der Waals surface area contributed by atoms with E-state index in [1.807, 2.05) is 6.07 Å². The lowest BCUT2D eigenvalue weighted by Gasteiger charge is -2.12. The van der Waals surface area contributed by atoms with Crippen molar-refractivity contribution in [1.82, 2.24) is 25.1 Å². The monoisotopic (exact) mass is 387 g/mol. The number of halogens is 3. The molecule has 6 nitrogen and oxygen atoms in total. The molecule has 0 saturated carbocycles. The number of rotatable bonds is 5. The average molecular weight is 387 g/mol. The van der Waals surface area contributed by atoms with E-state index in [4.69, 9.17) is 0 Å². The van der Waals surface area contributed by atoms with E-state index in [0.29, 0.717) is 5.69 Å². The molecule has 0 atom stereocenters. The number of tetrazole rings is 1. The van der Waals surface area contributed by atoms with Crippen LogP contribution in [-0.4, -0.2) is 45.0 Å². The lowest BCUT2D eigenvalue weighted by atomic mass is 10.0. The maximum Gasteiger partial charge on any atom is 0.416 e. The van der Waals surface area contributed by atoms with E-state index >= 15 is 0 Å². The van der Waals surface area contributed by atoms with Crippen molar-refractivity contribution in [2.75, 3.05) is 14.1 Å². The molecular weight excluding hydrogens is 371 g/mol. The molecule has 0 unspecified atom stereocenters. The zero-order valence-electron chi connectivity index (χ0n) is 15.1. The van der Waals surface area contributed by atoms with Crippen LogP contribution in [-0.2, 0) is 6.18 Å². The Labute approximate surface area is 158 Å². The molecule has 0 aliphatic rings. The molecule has 0 fully saturated rings. The molecule has 0 radical (unpaired) electrons. The molecule has 0 aliphatic heterocycles. The number of carbonyl (C=O) groups is 1. The fourth-order valence-corrected chi connectivity index (χ4v) is 2.54. The zero-order chi connectivity index (χ0) is 20.3. The van der Waals surface area contributed by atoms with Crippen molar-refractivity contribution in [3.63, 3.8) is 0 Å². The van der Waals surface area contributed by atoms with Crippen LogP contribution in [0.15, 0.2) is 60.8 Å². The molecule has 0 bridgehead atoms. The van der Waals surface area contributed by atoms with Crippen molar-refractivity contribution in [1.29, 1.82) is 0 Å². The standard InChI is InChI=1S/C19H16F3N5O/c1-26(2)12-16(17(28)13-8-10-14(11-9-13)19(20,21)22)18-23-24-25-27(18)15-6-4-3-5-7-15/h3-12H,1-2H3/b16-12+. The number of allylic oxidation sites excluding steroid dienone is 1. The normalized spacial score (nSPS) is 12.1. The summed E-state index contributed by atoms with van der Waals surface area (Å²) in [6.07, 6.45) is -2.94. The van der Waals surface area contributed by atoms with Gasteiger partial charge in [-0.2, -0.15) is 17.9 Å². The van der Waals surface area contributed by atoms with Crippen LogP contribution in [0.5, 0.6) is 0 Å². The van der Waals surface area contributed by atoms with Crippen LogP contribution >= 0.6 is 0 Å². The van der Waals surface area contributed by atoms with Gasteiger partial charge in [0.15, 0.2) is 11.6 Å². The highest BCUT2D eigenvalue weighted by molar-refractivity contribution is 6.28. The number of hydrogen-bond acceptors (Lipinski definition) is 5. The number of ketones is 1. The Morgan fingerprint density at radius 2 is 1.68 bits per heavy atom. The zero-order valence-corrected chi connectivity index (χ0v) is 15.1. The Hall–Kier alpha value is -3.49. The van der Waals surface area contributed by atoms with E-state index in [0.717, 1.165) is 24.3 Å². The first-order valence-electron chi connectivity index (χ1n) is 8.22. The van der Waals surface area contributed by atoms with Crippen molar-refractivity contribution in [3.8, 4) is 5.69 Å². The van der Waals surface area contributed by atoms with Gasteiger partial charge in [-0.3, -0.25) is 4.79 Å². The average Bonchev–Trinajstić information content (AvgIpc) is 3.15. The lowest BCUT2D eigenvalue weighted by molar-refractivity contribution is -0.137. The van der Waals surface area contributed by atoms with Crippen LogP contribution in [0.1, 0.15) is 21.7 Å². The van der Waals surface area contributed by atoms with Gasteiger partial charge in [0, 0.05) is 25.9 Å². The van der Waals surface area contributed by atoms with Gasteiger partial charge in [0.05, 0.1) is 16.8 Å². The van der Waals surface area contributed by atoms with Crippen molar-refractivity contribution < 1.29 is 18.0 Å². The third-order valence-corrected chi connectivity index (χ3v) is 3.82. The summed E-state index contributed by atoms with van der Waals surface area (Å²) >= 11 is 0. The van der Waals surface area contributed by atoms with Gasteiger partial charge in [-0.1, -0.05) is 30.3 Å². The summed E-state index contributed by atoms with van der Waals surface area (Å²) in [4.78, 5) is 14.7. The second-order valence-electron chi connectivity index (χ2n) is 6.16. The minimum atomic E-state index is -4.47. The smallest absolute Gasteiger partial charge is 0.383 e. The molecule has 3 rings (SSSR count). The van der Waals surface area contributed by atoms with Crippen molar-refractivity contribution in [2.45, 2.75) is 6.18 Å². The molecule has 2 aromatic carbocycles. The van der Waals surface area contributed by atoms with Crippen LogP contribution < -0.4 is 0 Å². The Bertz CT molecular complexity index is 992. The Balaban J connectivity index is 2.03. The van der Waals surface area contributed by atoms with E-state index in [2.05, 4.69) is 15.5 Å². The van der Waals surface area contributed by atoms with Gasteiger partial charge >= 0.3 is 6.18 Å². The molecule has 0 aliphatic carbocycles. The Morgan fingerprint density at radius 3 is 2.25 bits per heavy atom. The van der Waals surface area contributed by atoms with E-state index in [1.54, 1.807) is 43.3 Å². The number of alkyl halides is 3. The summed E-state index contributed by atoms with van der Waals surface area (Å²) in [6, 6.07) is 13.0. The fraction of sp³-hybridized carbons (Fsp3) is 0.158. The number of benzene rings is 2. The second-order valence-corrected chi connectivity index (χ2v) is 6.16. The van der Waals surface area contributed by atoms with E-state index in [1.165, 1.54) is 10.9 Å². The Morgan fingerprint density at radius 1 is 1.04 bits per heavy atom. The number of carbonyl (C=O) groups excluding carboxylic acids is 1. The van der Waals surface area contributed by atoms with Gasteiger partial charge < -0.3 is 4.90 Å².